The van der Waals surface area contributed by atoms with E-state index in [4.69, 9.17) is 9.47 Å². The van der Waals surface area contributed by atoms with Gasteiger partial charge in [0.05, 0.1) is 6.10 Å². The molecule has 5 atom stereocenters. The summed E-state index contributed by atoms with van der Waals surface area (Å²) in [7, 11) is 0. The van der Waals surface area contributed by atoms with Crippen LogP contribution in [-0.4, -0.2) is 52.6 Å². The first kappa shape index (κ1) is 24.8. The largest absolute Gasteiger partial charge is 0.388 e. The van der Waals surface area contributed by atoms with Crippen molar-refractivity contribution in [2.45, 2.75) is 134 Å². The first-order chi connectivity index (χ1) is 13.1. The number of unbranched alkanes of at least 4 members (excludes halogenated alkanes) is 13. The second-order valence-electron chi connectivity index (χ2n) is 8.15. The number of aliphatic hydroxyl groups is 3. The summed E-state index contributed by atoms with van der Waals surface area (Å²) in [5.74, 6) is 0. The molecule has 1 saturated heterocycles. The summed E-state index contributed by atoms with van der Waals surface area (Å²) in [5.41, 5.74) is 0. The van der Waals surface area contributed by atoms with E-state index in [2.05, 4.69) is 6.92 Å². The van der Waals surface area contributed by atoms with Crippen LogP contribution < -0.4 is 0 Å². The molecule has 0 bridgehead atoms. The Morgan fingerprint density at radius 3 is 1.56 bits per heavy atom. The molecule has 162 valence electrons. The zero-order chi connectivity index (χ0) is 19.9. The maximum Gasteiger partial charge on any atom is 0.186 e. The third kappa shape index (κ3) is 10.8. The third-order valence-corrected chi connectivity index (χ3v) is 5.59. The van der Waals surface area contributed by atoms with Crippen molar-refractivity contribution < 1.29 is 24.8 Å². The van der Waals surface area contributed by atoms with Gasteiger partial charge in [-0.25, -0.2) is 0 Å². The molecule has 0 amide bonds. The highest BCUT2D eigenvalue weighted by atomic mass is 16.7. The average molecular weight is 389 g/mol. The predicted octanol–water partition coefficient (Wildman–Crippen LogP) is 4.31. The number of ether oxygens (including phenoxy) is 2. The van der Waals surface area contributed by atoms with Crippen LogP contribution in [0.1, 0.15) is 104 Å². The molecular formula is C22H44O5. The molecule has 3 N–H and O–H groups in total. The van der Waals surface area contributed by atoms with Crippen molar-refractivity contribution in [3.63, 3.8) is 0 Å². The molecule has 1 aliphatic rings. The Labute approximate surface area is 166 Å². The molecule has 0 aromatic rings. The summed E-state index contributed by atoms with van der Waals surface area (Å²) in [6.07, 6.45) is 13.5. The van der Waals surface area contributed by atoms with Crippen LogP contribution in [0.15, 0.2) is 0 Å². The molecular weight excluding hydrogens is 344 g/mol. The molecule has 0 aliphatic carbocycles. The van der Waals surface area contributed by atoms with E-state index < -0.39 is 30.7 Å². The zero-order valence-corrected chi connectivity index (χ0v) is 17.7. The van der Waals surface area contributed by atoms with Crippen LogP contribution in [0.25, 0.3) is 0 Å². The molecule has 1 fully saturated rings. The van der Waals surface area contributed by atoms with E-state index in [0.717, 1.165) is 12.8 Å². The van der Waals surface area contributed by atoms with Crippen LogP contribution in [0.5, 0.6) is 0 Å². The van der Waals surface area contributed by atoms with E-state index in [1.54, 1.807) is 6.92 Å². The van der Waals surface area contributed by atoms with Crippen LogP contribution in [0.3, 0.4) is 0 Å². The molecule has 5 unspecified atom stereocenters. The fourth-order valence-electron chi connectivity index (χ4n) is 3.65. The van der Waals surface area contributed by atoms with Gasteiger partial charge in [0, 0.05) is 6.61 Å². The lowest BCUT2D eigenvalue weighted by atomic mass is 10.00. The second-order valence-corrected chi connectivity index (χ2v) is 8.15. The highest BCUT2D eigenvalue weighted by Gasteiger charge is 2.42. The monoisotopic (exact) mass is 388 g/mol. The lowest BCUT2D eigenvalue weighted by molar-refractivity contribution is -0.293. The Morgan fingerprint density at radius 2 is 1.07 bits per heavy atom. The predicted molar refractivity (Wildman–Crippen MR) is 109 cm³/mol. The highest BCUT2D eigenvalue weighted by Crippen LogP contribution is 2.22. The van der Waals surface area contributed by atoms with Gasteiger partial charge < -0.3 is 24.8 Å². The van der Waals surface area contributed by atoms with Crippen LogP contribution in [-0.2, 0) is 9.47 Å². The highest BCUT2D eigenvalue weighted by molar-refractivity contribution is 4.87. The van der Waals surface area contributed by atoms with Gasteiger partial charge >= 0.3 is 0 Å². The summed E-state index contributed by atoms with van der Waals surface area (Å²) in [4.78, 5) is 0. The second kappa shape index (κ2) is 15.7. The lowest BCUT2D eigenvalue weighted by Crippen LogP contribution is -2.57. The van der Waals surface area contributed by atoms with E-state index in [1.807, 2.05) is 0 Å². The van der Waals surface area contributed by atoms with Crippen molar-refractivity contribution in [2.75, 3.05) is 6.61 Å². The van der Waals surface area contributed by atoms with Gasteiger partial charge in [-0.1, -0.05) is 90.4 Å². The Kier molecular flexibility index (Phi) is 14.4. The topological polar surface area (TPSA) is 79.2 Å². The Balaban J connectivity index is 1.85. The van der Waals surface area contributed by atoms with Crippen LogP contribution in [0, 0.1) is 0 Å². The molecule has 0 saturated carbocycles. The maximum atomic E-state index is 9.88. The summed E-state index contributed by atoms with van der Waals surface area (Å²) in [6.45, 7) is 4.44. The van der Waals surface area contributed by atoms with Crippen molar-refractivity contribution in [1.82, 2.24) is 0 Å². The summed E-state index contributed by atoms with van der Waals surface area (Å²) in [6, 6.07) is 0. The molecule has 27 heavy (non-hydrogen) atoms. The van der Waals surface area contributed by atoms with E-state index >= 15 is 0 Å². The zero-order valence-electron chi connectivity index (χ0n) is 17.7. The van der Waals surface area contributed by atoms with Crippen molar-refractivity contribution in [3.8, 4) is 0 Å². The Bertz CT molecular complexity index is 339. The SMILES string of the molecule is CCCCCCCCCCCCCCCCOC1OC(C)C(O)C(O)C1O. The molecule has 1 rings (SSSR count). The minimum Gasteiger partial charge on any atom is -0.388 e. The van der Waals surface area contributed by atoms with Gasteiger partial charge in [-0.2, -0.15) is 0 Å². The molecule has 1 heterocycles. The first-order valence-corrected chi connectivity index (χ1v) is 11.4. The van der Waals surface area contributed by atoms with Gasteiger partial charge in [0.15, 0.2) is 6.29 Å². The normalized spacial score (nSPS) is 28.6. The van der Waals surface area contributed by atoms with Gasteiger partial charge in [-0.15, -0.1) is 0 Å². The van der Waals surface area contributed by atoms with E-state index in [-0.39, 0.29) is 0 Å². The minimum atomic E-state index is -1.21. The fourth-order valence-corrected chi connectivity index (χ4v) is 3.65. The molecule has 0 aromatic carbocycles. The summed E-state index contributed by atoms with van der Waals surface area (Å²) in [5, 5.41) is 29.3. The van der Waals surface area contributed by atoms with Crippen molar-refractivity contribution in [1.29, 1.82) is 0 Å². The van der Waals surface area contributed by atoms with Crippen LogP contribution >= 0.6 is 0 Å². The molecule has 1 aliphatic heterocycles. The van der Waals surface area contributed by atoms with Gasteiger partial charge in [0.2, 0.25) is 0 Å². The number of rotatable bonds is 16. The minimum absolute atomic E-state index is 0.509. The standard InChI is InChI=1S/C22H44O5/c1-3-4-5-6-7-8-9-10-11-12-13-14-15-16-17-26-22-21(25)20(24)19(23)18(2)27-22/h18-25H,3-17H2,1-2H3. The third-order valence-electron chi connectivity index (χ3n) is 5.59. The summed E-state index contributed by atoms with van der Waals surface area (Å²) >= 11 is 0. The number of hydrogen-bond donors (Lipinski definition) is 3. The van der Waals surface area contributed by atoms with Gasteiger partial charge in [0.25, 0.3) is 0 Å². The van der Waals surface area contributed by atoms with Gasteiger partial charge in [-0.05, 0) is 13.3 Å². The average Bonchev–Trinajstić information content (AvgIpc) is 2.67. The van der Waals surface area contributed by atoms with Gasteiger partial charge in [-0.3, -0.25) is 0 Å². The molecule has 0 spiro atoms. The number of hydrogen-bond acceptors (Lipinski definition) is 5. The molecule has 0 aromatic heterocycles. The van der Waals surface area contributed by atoms with Crippen LogP contribution in [0.2, 0.25) is 0 Å². The molecule has 0 radical (unpaired) electrons. The first-order valence-electron chi connectivity index (χ1n) is 11.4. The van der Waals surface area contributed by atoms with Crippen molar-refractivity contribution in [2.24, 2.45) is 0 Å². The summed E-state index contributed by atoms with van der Waals surface area (Å²) < 4.78 is 11.0. The van der Waals surface area contributed by atoms with Crippen molar-refractivity contribution >= 4 is 0 Å². The Hall–Kier alpha value is -0.200. The smallest absolute Gasteiger partial charge is 0.186 e. The van der Waals surface area contributed by atoms with E-state index in [0.29, 0.717) is 6.61 Å². The van der Waals surface area contributed by atoms with Crippen molar-refractivity contribution in [3.05, 3.63) is 0 Å². The number of aliphatic hydroxyl groups excluding tert-OH is 3. The Morgan fingerprint density at radius 1 is 0.630 bits per heavy atom. The van der Waals surface area contributed by atoms with Gasteiger partial charge in [0.1, 0.15) is 18.3 Å². The van der Waals surface area contributed by atoms with E-state index in [9.17, 15) is 15.3 Å². The lowest BCUT2D eigenvalue weighted by Gasteiger charge is -2.38. The van der Waals surface area contributed by atoms with Crippen LogP contribution in [0.4, 0.5) is 0 Å². The van der Waals surface area contributed by atoms with E-state index in [1.165, 1.54) is 77.0 Å². The molecule has 5 heteroatoms. The molecule has 5 nitrogen and oxygen atoms in total. The fraction of sp³-hybridized carbons (Fsp3) is 1.00. The maximum absolute atomic E-state index is 9.88. The quantitative estimate of drug-likeness (QED) is 0.343.